The highest BCUT2D eigenvalue weighted by Gasteiger charge is 2.76. The summed E-state index contributed by atoms with van der Waals surface area (Å²) in [6.45, 7) is 6.55. The van der Waals surface area contributed by atoms with Gasteiger partial charge >= 0.3 is 5.97 Å². The number of aliphatic hydroxyl groups is 1. The van der Waals surface area contributed by atoms with E-state index in [-0.39, 0.29) is 41.5 Å². The standard InChI is InChI=1S/C25H33NO6/c1-5-31-22(30)21(29)25-15(13-26(4)32-25)11-18-17-7-6-14-10-16(27)8-9-23(14,2)20(17)19(28)12-24(18,25)3/h8-10,15,17-20,28H,5-7,11-13H2,1-4H3/t15-,17?,18?,19-,20?,23-,24-,25-/m0/s1. The van der Waals surface area contributed by atoms with Gasteiger partial charge in [-0.1, -0.05) is 25.5 Å². The molecule has 1 N–H and O–H groups in total. The molecule has 4 fully saturated rings. The highest BCUT2D eigenvalue weighted by Crippen LogP contribution is 2.70. The third-order valence-corrected chi connectivity index (χ3v) is 9.42. The maximum absolute atomic E-state index is 13.6. The van der Waals surface area contributed by atoms with Crippen molar-refractivity contribution in [2.45, 2.75) is 58.2 Å². The lowest BCUT2D eigenvalue weighted by molar-refractivity contribution is -0.243. The highest BCUT2D eigenvalue weighted by atomic mass is 16.7. The van der Waals surface area contributed by atoms with Gasteiger partial charge in [-0.3, -0.25) is 14.4 Å². The van der Waals surface area contributed by atoms with Gasteiger partial charge in [-0.2, -0.15) is 5.06 Å². The van der Waals surface area contributed by atoms with Gasteiger partial charge in [0.15, 0.2) is 11.4 Å². The number of carbonyl (C=O) groups is 3. The predicted octanol–water partition coefficient (Wildman–Crippen LogP) is 2.24. The number of fused-ring (bicyclic) bond motifs is 7. The van der Waals surface area contributed by atoms with E-state index in [0.717, 1.165) is 24.8 Å². The Morgan fingerprint density at radius 2 is 2.09 bits per heavy atom. The molecule has 0 aromatic carbocycles. The topological polar surface area (TPSA) is 93.1 Å². The Bertz CT molecular complexity index is 941. The van der Waals surface area contributed by atoms with Crippen molar-refractivity contribution in [1.82, 2.24) is 5.06 Å². The van der Waals surface area contributed by atoms with Crippen molar-refractivity contribution >= 4 is 17.5 Å². The van der Waals surface area contributed by atoms with Crippen LogP contribution < -0.4 is 0 Å². The summed E-state index contributed by atoms with van der Waals surface area (Å²) in [5, 5.41) is 13.2. The summed E-state index contributed by atoms with van der Waals surface area (Å²) in [6, 6.07) is 0. The Morgan fingerprint density at radius 1 is 1.34 bits per heavy atom. The van der Waals surface area contributed by atoms with E-state index >= 15 is 0 Å². The second kappa shape index (κ2) is 7.08. The van der Waals surface area contributed by atoms with Crippen molar-refractivity contribution in [3.8, 4) is 0 Å². The average molecular weight is 444 g/mol. The van der Waals surface area contributed by atoms with Gasteiger partial charge in [-0.05, 0) is 56.6 Å². The molecule has 0 radical (unpaired) electrons. The Labute approximate surface area is 188 Å². The predicted molar refractivity (Wildman–Crippen MR) is 115 cm³/mol. The Hall–Kier alpha value is -1.83. The first-order chi connectivity index (χ1) is 15.1. The molecule has 174 valence electrons. The first kappa shape index (κ1) is 22.0. The maximum Gasteiger partial charge on any atom is 0.377 e. The highest BCUT2D eigenvalue weighted by molar-refractivity contribution is 6.37. The number of hydroxylamine groups is 2. The molecule has 3 unspecified atom stereocenters. The summed E-state index contributed by atoms with van der Waals surface area (Å²) in [4.78, 5) is 44.5. The quantitative estimate of drug-likeness (QED) is 0.528. The van der Waals surface area contributed by atoms with E-state index in [9.17, 15) is 19.5 Å². The molecule has 8 atom stereocenters. The normalized spacial score (nSPS) is 47.2. The fourth-order valence-corrected chi connectivity index (χ4v) is 8.28. The van der Waals surface area contributed by atoms with Crippen molar-refractivity contribution in [3.05, 3.63) is 23.8 Å². The Morgan fingerprint density at radius 3 is 2.81 bits per heavy atom. The minimum atomic E-state index is -1.31. The molecule has 1 heterocycles. The third kappa shape index (κ3) is 2.62. The number of rotatable bonds is 3. The van der Waals surface area contributed by atoms with Gasteiger partial charge in [-0.25, -0.2) is 4.79 Å². The smallest absolute Gasteiger partial charge is 0.377 e. The van der Waals surface area contributed by atoms with E-state index in [1.165, 1.54) is 0 Å². The van der Waals surface area contributed by atoms with Crippen LogP contribution >= 0.6 is 0 Å². The van der Waals surface area contributed by atoms with E-state index in [4.69, 9.17) is 9.57 Å². The van der Waals surface area contributed by atoms with Crippen molar-refractivity contribution in [2.75, 3.05) is 20.2 Å². The lowest BCUT2D eigenvalue weighted by atomic mass is 9.46. The molecular weight excluding hydrogens is 410 g/mol. The van der Waals surface area contributed by atoms with Crippen molar-refractivity contribution in [2.24, 2.45) is 34.5 Å². The van der Waals surface area contributed by atoms with E-state index in [2.05, 4.69) is 6.92 Å². The van der Waals surface area contributed by atoms with E-state index in [1.807, 2.05) is 13.0 Å². The number of nitrogens with zero attached hydrogens (tertiary/aromatic N) is 1. The maximum atomic E-state index is 13.6. The molecule has 5 rings (SSSR count). The molecule has 0 bridgehead atoms. The molecule has 7 heteroatoms. The van der Waals surface area contributed by atoms with Crippen LogP contribution in [-0.2, 0) is 24.0 Å². The second-order valence-electron chi connectivity index (χ2n) is 10.8. The molecule has 0 spiro atoms. The van der Waals surface area contributed by atoms with Gasteiger partial charge < -0.3 is 9.84 Å². The number of hydrogen-bond acceptors (Lipinski definition) is 7. The lowest BCUT2D eigenvalue weighted by Crippen LogP contribution is -2.63. The van der Waals surface area contributed by atoms with Crippen LogP contribution in [0.4, 0.5) is 0 Å². The average Bonchev–Trinajstić information content (AvgIpc) is 3.18. The summed E-state index contributed by atoms with van der Waals surface area (Å²) >= 11 is 0. The summed E-state index contributed by atoms with van der Waals surface area (Å²) in [7, 11) is 1.79. The van der Waals surface area contributed by atoms with Crippen LogP contribution in [0, 0.1) is 34.5 Å². The third-order valence-electron chi connectivity index (χ3n) is 9.42. The van der Waals surface area contributed by atoms with Crippen LogP contribution in [0.1, 0.15) is 46.5 Å². The second-order valence-corrected chi connectivity index (χ2v) is 10.8. The van der Waals surface area contributed by atoms with E-state index in [1.54, 1.807) is 31.2 Å². The summed E-state index contributed by atoms with van der Waals surface area (Å²) in [6.07, 6.45) is 7.48. The monoisotopic (exact) mass is 443 g/mol. The summed E-state index contributed by atoms with van der Waals surface area (Å²) in [5.74, 6) is -1.30. The largest absolute Gasteiger partial charge is 0.460 e. The van der Waals surface area contributed by atoms with Crippen molar-refractivity contribution in [1.29, 1.82) is 0 Å². The molecule has 7 nitrogen and oxygen atoms in total. The molecule has 5 aliphatic rings. The summed E-state index contributed by atoms with van der Waals surface area (Å²) in [5.41, 5.74) is -1.26. The Kier molecular flexibility index (Phi) is 4.87. The van der Waals surface area contributed by atoms with Gasteiger partial charge in [0.25, 0.3) is 5.78 Å². The minimum absolute atomic E-state index is 0.0110. The number of ether oxygens (including phenoxy) is 1. The molecule has 1 aliphatic heterocycles. The first-order valence-electron chi connectivity index (χ1n) is 11.8. The number of aliphatic hydroxyl groups excluding tert-OH is 1. The molecular formula is C25H33NO6. The molecule has 32 heavy (non-hydrogen) atoms. The molecule has 4 aliphatic carbocycles. The number of hydrogen-bond donors (Lipinski definition) is 1. The molecule has 0 aromatic rings. The van der Waals surface area contributed by atoms with Crippen LogP contribution in [0.3, 0.4) is 0 Å². The lowest BCUT2D eigenvalue weighted by Gasteiger charge is -2.59. The fraction of sp³-hybridized carbons (Fsp3) is 0.720. The van der Waals surface area contributed by atoms with Crippen LogP contribution in [0.25, 0.3) is 0 Å². The molecule has 0 aromatic heterocycles. The van der Waals surface area contributed by atoms with Gasteiger partial charge in [0.1, 0.15) is 0 Å². The number of Topliss-reactive ketones (excluding diaryl/α,β-unsaturated/α-hetero) is 1. The van der Waals surface area contributed by atoms with E-state index < -0.39 is 28.9 Å². The van der Waals surface area contributed by atoms with Crippen molar-refractivity contribution < 1.29 is 29.1 Å². The van der Waals surface area contributed by atoms with Crippen LogP contribution in [0.15, 0.2) is 23.8 Å². The zero-order valence-corrected chi connectivity index (χ0v) is 19.3. The van der Waals surface area contributed by atoms with Gasteiger partial charge in [0, 0.05) is 36.3 Å². The van der Waals surface area contributed by atoms with Gasteiger partial charge in [-0.15, -0.1) is 0 Å². The molecule has 1 saturated heterocycles. The fourth-order valence-electron chi connectivity index (χ4n) is 8.28. The molecule has 0 amide bonds. The number of esters is 1. The first-order valence-corrected chi connectivity index (χ1v) is 11.8. The number of allylic oxidation sites excluding steroid dienone is 4. The van der Waals surface area contributed by atoms with Gasteiger partial charge in [0.2, 0.25) is 0 Å². The SMILES string of the molecule is CCOC(=O)C(=O)[C@@]12ON(C)C[C@@H]1CC1C3CCC4=CC(=O)C=C[C@]4(C)C3[C@@H](O)C[C@@]12C. The zero-order valence-electron chi connectivity index (χ0n) is 19.3. The number of ketones is 2. The molecule has 3 saturated carbocycles. The van der Waals surface area contributed by atoms with Crippen LogP contribution in [0.2, 0.25) is 0 Å². The van der Waals surface area contributed by atoms with Gasteiger partial charge in [0.05, 0.1) is 12.7 Å². The summed E-state index contributed by atoms with van der Waals surface area (Å²) < 4.78 is 5.11. The zero-order chi connectivity index (χ0) is 23.1. The van der Waals surface area contributed by atoms with E-state index in [0.29, 0.717) is 13.0 Å². The Balaban J connectivity index is 1.57. The van der Waals surface area contributed by atoms with Crippen LogP contribution in [0.5, 0.6) is 0 Å². The van der Waals surface area contributed by atoms with Crippen molar-refractivity contribution in [3.63, 3.8) is 0 Å². The minimum Gasteiger partial charge on any atom is -0.460 e. The number of carbonyl (C=O) groups excluding carboxylic acids is 3. The van der Waals surface area contributed by atoms with Crippen LogP contribution in [-0.4, -0.2) is 59.6 Å².